The van der Waals surface area contributed by atoms with E-state index in [2.05, 4.69) is 4.98 Å². The summed E-state index contributed by atoms with van der Waals surface area (Å²) in [6.45, 7) is 1.94. The van der Waals surface area contributed by atoms with Gasteiger partial charge < -0.3 is 9.84 Å². The van der Waals surface area contributed by atoms with E-state index in [0.717, 1.165) is 15.4 Å². The van der Waals surface area contributed by atoms with Gasteiger partial charge in [-0.3, -0.25) is 9.20 Å². The van der Waals surface area contributed by atoms with Gasteiger partial charge in [-0.05, 0) is 12.5 Å². The number of imidazole rings is 1. The average molecular weight is 316 g/mol. The van der Waals surface area contributed by atoms with Crippen LogP contribution in [0.15, 0.2) is 36.5 Å². The van der Waals surface area contributed by atoms with E-state index in [1.807, 2.05) is 40.9 Å². The molecule has 0 saturated heterocycles. The van der Waals surface area contributed by atoms with Gasteiger partial charge in [0.25, 0.3) is 0 Å². The van der Waals surface area contributed by atoms with Crippen molar-refractivity contribution in [1.82, 2.24) is 9.38 Å². The van der Waals surface area contributed by atoms with E-state index >= 15 is 0 Å². The van der Waals surface area contributed by atoms with Crippen LogP contribution in [0.5, 0.6) is 0 Å². The van der Waals surface area contributed by atoms with Gasteiger partial charge in [0.15, 0.2) is 4.96 Å². The third kappa shape index (κ3) is 2.75. The molecular formula is C16H16N2O3S. The van der Waals surface area contributed by atoms with Gasteiger partial charge in [-0.25, -0.2) is 4.98 Å². The summed E-state index contributed by atoms with van der Waals surface area (Å²) in [5.74, 6) is -0.328. The van der Waals surface area contributed by atoms with Gasteiger partial charge in [0.05, 0.1) is 35.9 Å². The zero-order valence-corrected chi connectivity index (χ0v) is 13.0. The molecule has 22 heavy (non-hydrogen) atoms. The fourth-order valence-corrected chi connectivity index (χ4v) is 3.35. The summed E-state index contributed by atoms with van der Waals surface area (Å²) in [5.41, 5.74) is 2.32. The molecular weight excluding hydrogens is 300 g/mol. The molecule has 2 aromatic heterocycles. The molecule has 0 spiro atoms. The summed E-state index contributed by atoms with van der Waals surface area (Å²) in [5, 5.41) is 9.62. The van der Waals surface area contributed by atoms with Crippen LogP contribution in [0.1, 0.15) is 18.3 Å². The molecule has 0 bridgehead atoms. The van der Waals surface area contributed by atoms with Crippen molar-refractivity contribution in [3.8, 4) is 10.4 Å². The molecule has 0 amide bonds. The third-order valence-electron chi connectivity index (χ3n) is 3.33. The number of hydrogen-bond donors (Lipinski definition) is 1. The van der Waals surface area contributed by atoms with E-state index in [0.29, 0.717) is 18.0 Å². The summed E-state index contributed by atoms with van der Waals surface area (Å²) >= 11 is 1.53. The Labute approximate surface area is 131 Å². The SMILES string of the molecule is CCOC(=O)Cc1nc2sc(-c3ccccc3)cn2c1CO. The van der Waals surface area contributed by atoms with Crippen molar-refractivity contribution in [1.29, 1.82) is 0 Å². The average Bonchev–Trinajstić information content (AvgIpc) is 3.05. The number of hydrogen-bond acceptors (Lipinski definition) is 5. The quantitative estimate of drug-likeness (QED) is 0.735. The van der Waals surface area contributed by atoms with Gasteiger partial charge in [-0.1, -0.05) is 41.7 Å². The summed E-state index contributed by atoms with van der Waals surface area (Å²) in [4.78, 5) is 17.9. The lowest BCUT2D eigenvalue weighted by atomic mass is 10.2. The van der Waals surface area contributed by atoms with Gasteiger partial charge in [0.2, 0.25) is 0 Å². The Hall–Kier alpha value is -2.18. The van der Waals surface area contributed by atoms with E-state index < -0.39 is 0 Å². The lowest BCUT2D eigenvalue weighted by Crippen LogP contribution is -2.09. The molecule has 5 nitrogen and oxygen atoms in total. The zero-order chi connectivity index (χ0) is 15.5. The van der Waals surface area contributed by atoms with Crippen molar-refractivity contribution in [2.45, 2.75) is 20.0 Å². The van der Waals surface area contributed by atoms with Gasteiger partial charge in [0, 0.05) is 6.20 Å². The standard InChI is InChI=1S/C16H16N2O3S/c1-2-21-15(20)8-12-13(10-19)18-9-14(22-16(18)17-12)11-6-4-3-5-7-11/h3-7,9,19H,2,8,10H2,1H3. The second-order valence-corrected chi connectivity index (χ2v) is 5.77. The molecule has 0 radical (unpaired) electrons. The first kappa shape index (κ1) is 14.7. The first-order valence-corrected chi connectivity index (χ1v) is 7.86. The highest BCUT2D eigenvalue weighted by Gasteiger charge is 2.17. The number of carbonyl (C=O) groups is 1. The molecule has 0 atom stereocenters. The van der Waals surface area contributed by atoms with Crippen LogP contribution >= 0.6 is 11.3 Å². The highest BCUT2D eigenvalue weighted by Crippen LogP contribution is 2.30. The van der Waals surface area contributed by atoms with Crippen molar-refractivity contribution in [2.75, 3.05) is 6.61 Å². The second-order valence-electron chi connectivity index (χ2n) is 4.76. The predicted molar refractivity (Wildman–Crippen MR) is 84.8 cm³/mol. The fourth-order valence-electron chi connectivity index (χ4n) is 2.33. The van der Waals surface area contributed by atoms with Crippen LogP contribution in [0, 0.1) is 0 Å². The fraction of sp³-hybridized carbons (Fsp3) is 0.250. The maximum absolute atomic E-state index is 11.6. The van der Waals surface area contributed by atoms with Crippen LogP contribution in [-0.2, 0) is 22.6 Å². The van der Waals surface area contributed by atoms with Gasteiger partial charge >= 0.3 is 5.97 Å². The van der Waals surface area contributed by atoms with Crippen LogP contribution in [0.25, 0.3) is 15.4 Å². The highest BCUT2D eigenvalue weighted by atomic mass is 32.1. The maximum Gasteiger partial charge on any atom is 0.311 e. The number of esters is 1. The van der Waals surface area contributed by atoms with Gasteiger partial charge in [-0.2, -0.15) is 0 Å². The number of aromatic nitrogens is 2. The predicted octanol–water partition coefficient (Wildman–Crippen LogP) is 2.66. The largest absolute Gasteiger partial charge is 0.466 e. The Morgan fingerprint density at radius 1 is 1.36 bits per heavy atom. The second kappa shape index (κ2) is 6.29. The summed E-state index contributed by atoms with van der Waals surface area (Å²) in [7, 11) is 0. The lowest BCUT2D eigenvalue weighted by molar-refractivity contribution is -0.142. The van der Waals surface area contributed by atoms with Crippen molar-refractivity contribution in [2.24, 2.45) is 0 Å². The molecule has 0 unspecified atom stereocenters. The lowest BCUT2D eigenvalue weighted by Gasteiger charge is -2.01. The number of aliphatic hydroxyl groups is 1. The first-order valence-electron chi connectivity index (χ1n) is 7.04. The summed E-state index contributed by atoms with van der Waals surface area (Å²) in [6.07, 6.45) is 2.03. The van der Waals surface area contributed by atoms with E-state index in [1.54, 1.807) is 6.92 Å². The number of benzene rings is 1. The number of rotatable bonds is 5. The molecule has 1 N–H and O–H groups in total. The van der Waals surface area contributed by atoms with E-state index in [1.165, 1.54) is 11.3 Å². The number of nitrogens with zero attached hydrogens (tertiary/aromatic N) is 2. The number of thiazole rings is 1. The van der Waals surface area contributed by atoms with Gasteiger partial charge in [0.1, 0.15) is 0 Å². The normalized spacial score (nSPS) is 11.0. The number of fused-ring (bicyclic) bond motifs is 1. The molecule has 1 aromatic carbocycles. The molecule has 0 aliphatic heterocycles. The van der Waals surface area contributed by atoms with Crippen LogP contribution < -0.4 is 0 Å². The van der Waals surface area contributed by atoms with Crippen molar-refractivity contribution in [3.05, 3.63) is 47.9 Å². The Morgan fingerprint density at radius 2 is 2.14 bits per heavy atom. The Morgan fingerprint density at radius 3 is 2.82 bits per heavy atom. The summed E-state index contributed by atoms with van der Waals surface area (Å²) in [6, 6.07) is 10.00. The molecule has 2 heterocycles. The number of ether oxygens (including phenoxy) is 1. The minimum atomic E-state index is -0.328. The Balaban J connectivity index is 1.97. The Kier molecular flexibility index (Phi) is 4.22. The molecule has 114 valence electrons. The number of carbonyl (C=O) groups excluding carboxylic acids is 1. The molecule has 3 aromatic rings. The topological polar surface area (TPSA) is 63.8 Å². The van der Waals surface area contributed by atoms with Crippen LogP contribution in [0.4, 0.5) is 0 Å². The minimum absolute atomic E-state index is 0.0821. The zero-order valence-electron chi connectivity index (χ0n) is 12.2. The van der Waals surface area contributed by atoms with Crippen LogP contribution in [0.2, 0.25) is 0 Å². The molecule has 0 aliphatic carbocycles. The monoisotopic (exact) mass is 316 g/mol. The summed E-state index contributed by atoms with van der Waals surface area (Å²) < 4.78 is 6.79. The smallest absolute Gasteiger partial charge is 0.311 e. The maximum atomic E-state index is 11.6. The van der Waals surface area contributed by atoms with Crippen LogP contribution in [-0.4, -0.2) is 27.1 Å². The minimum Gasteiger partial charge on any atom is -0.466 e. The van der Waals surface area contributed by atoms with Crippen molar-refractivity contribution < 1.29 is 14.6 Å². The van der Waals surface area contributed by atoms with E-state index in [9.17, 15) is 9.90 Å². The third-order valence-corrected chi connectivity index (χ3v) is 4.36. The first-order chi connectivity index (χ1) is 10.7. The van der Waals surface area contributed by atoms with Crippen molar-refractivity contribution >= 4 is 22.3 Å². The Bertz CT molecular complexity index is 792. The van der Waals surface area contributed by atoms with E-state index in [4.69, 9.17) is 4.74 Å². The molecule has 0 fully saturated rings. The molecule has 0 saturated carbocycles. The highest BCUT2D eigenvalue weighted by molar-refractivity contribution is 7.20. The molecule has 3 rings (SSSR count). The van der Waals surface area contributed by atoms with Gasteiger partial charge in [-0.15, -0.1) is 0 Å². The van der Waals surface area contributed by atoms with Crippen molar-refractivity contribution in [3.63, 3.8) is 0 Å². The van der Waals surface area contributed by atoms with Crippen LogP contribution in [0.3, 0.4) is 0 Å². The number of aliphatic hydroxyl groups excluding tert-OH is 1. The molecule has 0 aliphatic rings. The molecule has 6 heteroatoms. The van der Waals surface area contributed by atoms with E-state index in [-0.39, 0.29) is 19.0 Å².